The quantitative estimate of drug-likeness (QED) is 0.323. The van der Waals surface area contributed by atoms with Crippen molar-refractivity contribution >= 4 is 28.9 Å². The Balaban J connectivity index is 1.33. The maximum atomic E-state index is 12.9. The van der Waals surface area contributed by atoms with E-state index in [0.717, 1.165) is 41.2 Å². The topological polar surface area (TPSA) is 125 Å². The normalized spacial score (nSPS) is 13.7. The predicted octanol–water partition coefficient (Wildman–Crippen LogP) is 4.67. The molecule has 0 bridgehead atoms. The van der Waals surface area contributed by atoms with E-state index in [-0.39, 0.29) is 16.9 Å². The monoisotopic (exact) mass is 539 g/mol. The zero-order valence-electron chi connectivity index (χ0n) is 23.1. The SMILES string of the molecule is Cc1c(NC(=O)c2ccc(C(C)(C)C)cn2)cccc1-c1c[nH]c(=O)c(Nc2ccc(N3CCOCC3)nn2)c1. The summed E-state index contributed by atoms with van der Waals surface area (Å²) >= 11 is 0. The number of morpholine rings is 1. The molecule has 3 N–H and O–H groups in total. The summed E-state index contributed by atoms with van der Waals surface area (Å²) in [5, 5.41) is 14.6. The lowest BCUT2D eigenvalue weighted by Gasteiger charge is -2.27. The summed E-state index contributed by atoms with van der Waals surface area (Å²) in [6, 6.07) is 14.8. The number of carbonyl (C=O) groups excluding carboxylic acids is 1. The fourth-order valence-electron chi connectivity index (χ4n) is 4.47. The van der Waals surface area contributed by atoms with Crippen LogP contribution in [0.5, 0.6) is 0 Å². The van der Waals surface area contributed by atoms with Crippen molar-refractivity contribution in [1.29, 1.82) is 0 Å². The molecule has 0 aliphatic carbocycles. The van der Waals surface area contributed by atoms with Gasteiger partial charge in [0.1, 0.15) is 11.4 Å². The highest BCUT2D eigenvalue weighted by Crippen LogP contribution is 2.30. The average Bonchev–Trinajstić information content (AvgIpc) is 2.96. The molecular formula is C30H33N7O3. The van der Waals surface area contributed by atoms with Crippen molar-refractivity contribution < 1.29 is 9.53 Å². The van der Waals surface area contributed by atoms with E-state index in [2.05, 4.69) is 56.5 Å². The Bertz CT molecular complexity index is 1550. The summed E-state index contributed by atoms with van der Waals surface area (Å²) in [6.45, 7) is 11.1. The van der Waals surface area contributed by atoms with Gasteiger partial charge in [-0.05, 0) is 59.4 Å². The molecule has 0 unspecified atom stereocenters. The molecule has 1 saturated heterocycles. The first kappa shape index (κ1) is 27.0. The Kier molecular flexibility index (Phi) is 7.61. The number of amides is 1. The van der Waals surface area contributed by atoms with E-state index in [0.29, 0.717) is 36.1 Å². The summed E-state index contributed by atoms with van der Waals surface area (Å²) in [6.07, 6.45) is 3.40. The molecule has 1 aromatic carbocycles. The van der Waals surface area contributed by atoms with Gasteiger partial charge in [0.05, 0.1) is 13.2 Å². The Morgan fingerprint density at radius 1 is 1.02 bits per heavy atom. The van der Waals surface area contributed by atoms with Gasteiger partial charge in [0.25, 0.3) is 11.5 Å². The lowest BCUT2D eigenvalue weighted by molar-refractivity contribution is 0.102. The highest BCUT2D eigenvalue weighted by Gasteiger charge is 2.17. The van der Waals surface area contributed by atoms with Crippen molar-refractivity contribution in [3.05, 3.63) is 88.1 Å². The minimum absolute atomic E-state index is 0.0454. The molecule has 1 aliphatic heterocycles. The number of benzene rings is 1. The maximum Gasteiger partial charge on any atom is 0.274 e. The third-order valence-electron chi connectivity index (χ3n) is 6.91. The largest absolute Gasteiger partial charge is 0.378 e. The van der Waals surface area contributed by atoms with Crippen LogP contribution in [0.15, 0.2) is 65.7 Å². The van der Waals surface area contributed by atoms with E-state index in [1.165, 1.54) is 0 Å². The molecule has 0 radical (unpaired) electrons. The molecule has 10 heteroatoms. The zero-order valence-corrected chi connectivity index (χ0v) is 23.1. The Morgan fingerprint density at radius 3 is 2.50 bits per heavy atom. The van der Waals surface area contributed by atoms with Crippen molar-refractivity contribution in [2.75, 3.05) is 41.8 Å². The first-order valence-electron chi connectivity index (χ1n) is 13.2. The highest BCUT2D eigenvalue weighted by atomic mass is 16.5. The van der Waals surface area contributed by atoms with Crippen molar-refractivity contribution in [2.24, 2.45) is 0 Å². The zero-order chi connectivity index (χ0) is 28.3. The lowest BCUT2D eigenvalue weighted by atomic mass is 9.88. The molecule has 0 saturated carbocycles. The molecule has 40 heavy (non-hydrogen) atoms. The molecule has 1 amide bonds. The first-order chi connectivity index (χ1) is 19.2. The minimum Gasteiger partial charge on any atom is -0.378 e. The average molecular weight is 540 g/mol. The van der Waals surface area contributed by atoms with E-state index < -0.39 is 0 Å². The van der Waals surface area contributed by atoms with Crippen LogP contribution in [0.4, 0.5) is 23.0 Å². The summed E-state index contributed by atoms with van der Waals surface area (Å²) in [5.74, 6) is 0.942. The molecule has 3 aromatic heterocycles. The van der Waals surface area contributed by atoms with Crippen LogP contribution in [0, 0.1) is 6.92 Å². The summed E-state index contributed by atoms with van der Waals surface area (Å²) < 4.78 is 5.39. The Morgan fingerprint density at radius 2 is 1.82 bits per heavy atom. The molecule has 206 valence electrons. The molecule has 4 aromatic rings. The highest BCUT2D eigenvalue weighted by molar-refractivity contribution is 6.03. The van der Waals surface area contributed by atoms with Gasteiger partial charge in [-0.3, -0.25) is 14.6 Å². The third-order valence-corrected chi connectivity index (χ3v) is 6.91. The van der Waals surface area contributed by atoms with Gasteiger partial charge in [-0.25, -0.2) is 0 Å². The number of rotatable bonds is 6. The van der Waals surface area contributed by atoms with Gasteiger partial charge in [0.2, 0.25) is 0 Å². The van der Waals surface area contributed by atoms with Crippen molar-refractivity contribution in [2.45, 2.75) is 33.1 Å². The van der Waals surface area contributed by atoms with Crippen LogP contribution in [0.1, 0.15) is 42.4 Å². The number of pyridine rings is 2. The van der Waals surface area contributed by atoms with Gasteiger partial charge in [0, 0.05) is 36.7 Å². The molecule has 10 nitrogen and oxygen atoms in total. The van der Waals surface area contributed by atoms with Crippen LogP contribution in [-0.2, 0) is 10.2 Å². The Hall–Kier alpha value is -4.57. The first-order valence-corrected chi connectivity index (χ1v) is 13.2. The van der Waals surface area contributed by atoms with E-state index in [9.17, 15) is 9.59 Å². The van der Waals surface area contributed by atoms with E-state index in [1.54, 1.807) is 30.6 Å². The van der Waals surface area contributed by atoms with Crippen molar-refractivity contribution in [3.63, 3.8) is 0 Å². The second-order valence-electron chi connectivity index (χ2n) is 10.7. The number of hydrogen-bond acceptors (Lipinski definition) is 8. The second kappa shape index (κ2) is 11.3. The maximum absolute atomic E-state index is 12.9. The van der Waals surface area contributed by atoms with Crippen LogP contribution in [0.2, 0.25) is 0 Å². The van der Waals surface area contributed by atoms with Gasteiger partial charge >= 0.3 is 0 Å². The van der Waals surface area contributed by atoms with Gasteiger partial charge in [-0.1, -0.05) is 39.0 Å². The number of nitrogens with zero attached hydrogens (tertiary/aromatic N) is 4. The number of anilines is 4. The smallest absolute Gasteiger partial charge is 0.274 e. The summed E-state index contributed by atoms with van der Waals surface area (Å²) in [5.41, 5.74) is 4.57. The number of H-pyrrole nitrogens is 1. The number of hydrogen-bond donors (Lipinski definition) is 3. The van der Waals surface area contributed by atoms with Gasteiger partial charge in [-0.15, -0.1) is 10.2 Å². The number of nitrogens with one attached hydrogen (secondary N) is 3. The molecule has 0 atom stereocenters. The lowest BCUT2D eigenvalue weighted by Crippen LogP contribution is -2.36. The number of aromatic amines is 1. The molecular weight excluding hydrogens is 506 g/mol. The van der Waals surface area contributed by atoms with E-state index in [4.69, 9.17) is 4.74 Å². The van der Waals surface area contributed by atoms with Crippen LogP contribution < -0.4 is 21.1 Å². The van der Waals surface area contributed by atoms with E-state index in [1.807, 2.05) is 37.3 Å². The summed E-state index contributed by atoms with van der Waals surface area (Å²) in [4.78, 5) is 34.8. The number of carbonyl (C=O) groups is 1. The fraction of sp³-hybridized carbons (Fsp3) is 0.300. The standard InChI is InChI=1S/C30H33N7O3/c1-19-22(6-5-7-23(19)34-29(39)24-9-8-21(18-31-24)30(2,3)4)20-16-25(28(38)32-17-20)33-26-10-11-27(36-35-26)37-12-14-40-15-13-37/h5-11,16-18H,12-15H2,1-4H3,(H,32,38)(H,33,35)(H,34,39). The summed E-state index contributed by atoms with van der Waals surface area (Å²) in [7, 11) is 0. The van der Waals surface area contributed by atoms with Gasteiger partial charge < -0.3 is 25.3 Å². The number of aromatic nitrogens is 4. The van der Waals surface area contributed by atoms with Crippen LogP contribution in [-0.4, -0.2) is 52.4 Å². The third kappa shape index (κ3) is 6.02. The Labute approximate surface area is 232 Å². The van der Waals surface area contributed by atoms with Crippen molar-refractivity contribution in [1.82, 2.24) is 20.2 Å². The van der Waals surface area contributed by atoms with Crippen molar-refractivity contribution in [3.8, 4) is 11.1 Å². The fourth-order valence-corrected chi connectivity index (χ4v) is 4.47. The second-order valence-corrected chi connectivity index (χ2v) is 10.7. The molecule has 5 rings (SSSR count). The molecule has 0 spiro atoms. The van der Waals surface area contributed by atoms with Gasteiger partial charge in [-0.2, -0.15) is 0 Å². The predicted molar refractivity (Wildman–Crippen MR) is 156 cm³/mol. The van der Waals surface area contributed by atoms with Crippen LogP contribution in [0.25, 0.3) is 11.1 Å². The van der Waals surface area contributed by atoms with Crippen LogP contribution >= 0.6 is 0 Å². The minimum atomic E-state index is -0.288. The number of ether oxygens (including phenoxy) is 1. The van der Waals surface area contributed by atoms with E-state index >= 15 is 0 Å². The molecule has 1 fully saturated rings. The van der Waals surface area contributed by atoms with Crippen LogP contribution in [0.3, 0.4) is 0 Å². The molecule has 1 aliphatic rings. The van der Waals surface area contributed by atoms with Gasteiger partial charge in [0.15, 0.2) is 11.6 Å². The molecule has 4 heterocycles.